The minimum absolute atomic E-state index is 0.0650. The van der Waals surface area contributed by atoms with Gasteiger partial charge in [-0.25, -0.2) is 13.9 Å². The molecule has 6 heteroatoms. The van der Waals surface area contributed by atoms with Crippen molar-refractivity contribution in [2.24, 2.45) is 0 Å². The molecule has 2 aromatic carbocycles. The van der Waals surface area contributed by atoms with Crippen molar-refractivity contribution in [3.8, 4) is 11.3 Å². The van der Waals surface area contributed by atoms with Crippen molar-refractivity contribution >= 4 is 5.65 Å². The van der Waals surface area contributed by atoms with E-state index in [1.165, 1.54) is 15.3 Å². The molecule has 0 aliphatic heterocycles. The van der Waals surface area contributed by atoms with Gasteiger partial charge in [-0.3, -0.25) is 0 Å². The quantitative estimate of drug-likeness (QED) is 0.583. The standard InChI is InChI=1S/C18H13FN4O/c19-15-9-5-4-8-14(15)12-22-18(24)23-17(21-22)11-10-16(20-23)13-6-2-1-3-7-13/h1-11H,12H2. The number of nitrogens with zero attached hydrogens (tertiary/aromatic N) is 4. The Balaban J connectivity index is 1.78. The Morgan fingerprint density at radius 3 is 2.42 bits per heavy atom. The largest absolute Gasteiger partial charge is 0.367 e. The lowest BCUT2D eigenvalue weighted by Crippen LogP contribution is -2.23. The molecular weight excluding hydrogens is 307 g/mol. The van der Waals surface area contributed by atoms with Crippen LogP contribution in [0.15, 0.2) is 71.5 Å². The lowest BCUT2D eigenvalue weighted by molar-refractivity contribution is 0.576. The highest BCUT2D eigenvalue weighted by molar-refractivity contribution is 5.59. The van der Waals surface area contributed by atoms with Crippen molar-refractivity contribution in [3.05, 3.63) is 88.6 Å². The second-order valence-electron chi connectivity index (χ2n) is 5.39. The van der Waals surface area contributed by atoms with E-state index in [0.29, 0.717) is 16.9 Å². The summed E-state index contributed by atoms with van der Waals surface area (Å²) in [7, 11) is 0. The van der Waals surface area contributed by atoms with Crippen molar-refractivity contribution in [2.45, 2.75) is 6.54 Å². The molecule has 0 amide bonds. The Morgan fingerprint density at radius 2 is 1.62 bits per heavy atom. The van der Waals surface area contributed by atoms with E-state index in [1.807, 2.05) is 36.4 Å². The predicted octanol–water partition coefficient (Wildman–Crippen LogP) is 2.75. The molecule has 0 unspecified atom stereocenters. The third-order valence-electron chi connectivity index (χ3n) is 3.79. The van der Waals surface area contributed by atoms with Crippen molar-refractivity contribution in [2.75, 3.05) is 0 Å². The van der Waals surface area contributed by atoms with E-state index in [0.717, 1.165) is 5.56 Å². The molecule has 0 spiro atoms. The van der Waals surface area contributed by atoms with E-state index in [4.69, 9.17) is 0 Å². The SMILES string of the molecule is O=c1n(Cc2ccccc2F)nc2ccc(-c3ccccc3)nn12. The van der Waals surface area contributed by atoms with E-state index >= 15 is 0 Å². The molecule has 0 radical (unpaired) electrons. The van der Waals surface area contributed by atoms with Crippen LogP contribution in [-0.2, 0) is 6.54 Å². The highest BCUT2D eigenvalue weighted by Crippen LogP contribution is 2.15. The van der Waals surface area contributed by atoms with Crippen LogP contribution in [0.2, 0.25) is 0 Å². The van der Waals surface area contributed by atoms with Gasteiger partial charge in [0.2, 0.25) is 0 Å². The summed E-state index contributed by atoms with van der Waals surface area (Å²) < 4.78 is 16.2. The maximum Gasteiger partial charge on any atom is 0.367 e. The Hall–Kier alpha value is -3.28. The van der Waals surface area contributed by atoms with Crippen LogP contribution >= 0.6 is 0 Å². The van der Waals surface area contributed by atoms with E-state index in [2.05, 4.69) is 10.2 Å². The first-order valence-electron chi connectivity index (χ1n) is 7.48. The molecule has 24 heavy (non-hydrogen) atoms. The van der Waals surface area contributed by atoms with Gasteiger partial charge in [0.05, 0.1) is 12.2 Å². The molecule has 0 aliphatic carbocycles. The van der Waals surface area contributed by atoms with Crippen LogP contribution in [-0.4, -0.2) is 19.4 Å². The zero-order valence-electron chi connectivity index (χ0n) is 12.6. The average molecular weight is 320 g/mol. The molecule has 2 heterocycles. The molecule has 0 atom stereocenters. The van der Waals surface area contributed by atoms with E-state index in [9.17, 15) is 9.18 Å². The smallest absolute Gasteiger partial charge is 0.244 e. The normalized spacial score (nSPS) is 11.0. The van der Waals surface area contributed by atoms with Gasteiger partial charge >= 0.3 is 5.69 Å². The number of hydrogen-bond acceptors (Lipinski definition) is 3. The van der Waals surface area contributed by atoms with Crippen LogP contribution in [0, 0.1) is 5.82 Å². The average Bonchev–Trinajstić information content (AvgIpc) is 2.93. The van der Waals surface area contributed by atoms with Crippen molar-refractivity contribution < 1.29 is 4.39 Å². The summed E-state index contributed by atoms with van der Waals surface area (Å²) in [4.78, 5) is 12.5. The molecule has 0 aliphatic rings. The highest BCUT2D eigenvalue weighted by Gasteiger charge is 2.11. The van der Waals surface area contributed by atoms with Gasteiger partial charge in [0.25, 0.3) is 0 Å². The minimum Gasteiger partial charge on any atom is -0.244 e. The molecule has 2 aromatic heterocycles. The van der Waals surface area contributed by atoms with Crippen LogP contribution in [0.25, 0.3) is 16.9 Å². The van der Waals surface area contributed by atoms with Gasteiger partial charge in [-0.15, -0.1) is 5.10 Å². The van der Waals surface area contributed by atoms with Gasteiger partial charge in [0.1, 0.15) is 5.82 Å². The molecule has 0 saturated carbocycles. The Bertz CT molecular complexity index is 1070. The molecular formula is C18H13FN4O. The first-order chi connectivity index (χ1) is 11.7. The van der Waals surface area contributed by atoms with Gasteiger partial charge in [-0.2, -0.15) is 9.61 Å². The Labute approximate surface area is 136 Å². The Morgan fingerprint density at radius 1 is 0.875 bits per heavy atom. The summed E-state index contributed by atoms with van der Waals surface area (Å²) in [5, 5.41) is 8.58. The van der Waals surface area contributed by atoms with Gasteiger partial charge < -0.3 is 0 Å². The second-order valence-corrected chi connectivity index (χ2v) is 5.39. The first kappa shape index (κ1) is 14.3. The predicted molar refractivity (Wildman–Crippen MR) is 88.2 cm³/mol. The third kappa shape index (κ3) is 2.48. The maximum atomic E-state index is 13.8. The number of halogens is 1. The summed E-state index contributed by atoms with van der Waals surface area (Å²) in [6, 6.07) is 19.4. The minimum atomic E-state index is -0.397. The molecule has 0 N–H and O–H groups in total. The number of aromatic nitrogens is 4. The number of hydrogen-bond donors (Lipinski definition) is 0. The van der Waals surface area contributed by atoms with Crippen LogP contribution in [0.3, 0.4) is 0 Å². The van der Waals surface area contributed by atoms with Crippen molar-refractivity contribution in [1.82, 2.24) is 19.4 Å². The fourth-order valence-electron chi connectivity index (χ4n) is 2.56. The zero-order chi connectivity index (χ0) is 16.5. The molecule has 0 saturated heterocycles. The summed E-state index contributed by atoms with van der Waals surface area (Å²) in [5.74, 6) is -0.362. The second kappa shape index (κ2) is 5.73. The molecule has 0 bridgehead atoms. The summed E-state index contributed by atoms with van der Waals surface area (Å²) >= 11 is 0. The number of fused-ring (bicyclic) bond motifs is 1. The Kier molecular flexibility index (Phi) is 3.42. The van der Waals surface area contributed by atoms with Crippen molar-refractivity contribution in [1.29, 1.82) is 0 Å². The molecule has 4 aromatic rings. The highest BCUT2D eigenvalue weighted by atomic mass is 19.1. The topological polar surface area (TPSA) is 52.2 Å². The van der Waals surface area contributed by atoms with Crippen LogP contribution in [0.4, 0.5) is 4.39 Å². The lowest BCUT2D eigenvalue weighted by atomic mass is 10.1. The van der Waals surface area contributed by atoms with Gasteiger partial charge in [-0.1, -0.05) is 48.5 Å². The third-order valence-corrected chi connectivity index (χ3v) is 3.79. The van der Waals surface area contributed by atoms with E-state index in [-0.39, 0.29) is 12.4 Å². The molecule has 5 nitrogen and oxygen atoms in total. The fourth-order valence-corrected chi connectivity index (χ4v) is 2.56. The molecule has 118 valence electrons. The van der Waals surface area contributed by atoms with Crippen LogP contribution in [0.1, 0.15) is 5.56 Å². The first-order valence-corrected chi connectivity index (χ1v) is 7.48. The van der Waals surface area contributed by atoms with E-state index < -0.39 is 5.69 Å². The summed E-state index contributed by atoms with van der Waals surface area (Å²) in [6.07, 6.45) is 0. The lowest BCUT2D eigenvalue weighted by Gasteiger charge is -2.01. The van der Waals surface area contributed by atoms with Gasteiger partial charge in [0, 0.05) is 11.1 Å². The molecule has 4 rings (SSSR count). The number of rotatable bonds is 3. The van der Waals surface area contributed by atoms with Crippen LogP contribution < -0.4 is 5.69 Å². The van der Waals surface area contributed by atoms with Gasteiger partial charge in [0.15, 0.2) is 5.65 Å². The fraction of sp³-hybridized carbons (Fsp3) is 0.0556. The van der Waals surface area contributed by atoms with E-state index in [1.54, 1.807) is 24.3 Å². The van der Waals surface area contributed by atoms with Crippen molar-refractivity contribution in [3.63, 3.8) is 0 Å². The maximum absolute atomic E-state index is 13.8. The monoisotopic (exact) mass is 320 g/mol. The summed E-state index contributed by atoms with van der Waals surface area (Å²) in [6.45, 7) is 0.0650. The summed E-state index contributed by atoms with van der Waals surface area (Å²) in [5.41, 5.74) is 2.03. The van der Waals surface area contributed by atoms with Crippen LogP contribution in [0.5, 0.6) is 0 Å². The molecule has 0 fully saturated rings. The zero-order valence-corrected chi connectivity index (χ0v) is 12.6. The van der Waals surface area contributed by atoms with Gasteiger partial charge in [-0.05, 0) is 18.2 Å². The number of benzene rings is 2.